The zero-order valence-electron chi connectivity index (χ0n) is 13.2. The molecule has 124 valence electrons. The molecule has 0 bridgehead atoms. The molecule has 0 aliphatic heterocycles. The largest absolute Gasteiger partial charge is 0.396 e. The zero-order chi connectivity index (χ0) is 16.8. The summed E-state index contributed by atoms with van der Waals surface area (Å²) in [6, 6.07) is 11.8. The maximum atomic E-state index is 6.06. The van der Waals surface area contributed by atoms with E-state index in [4.69, 9.17) is 40.5 Å². The molecule has 0 spiro atoms. The highest BCUT2D eigenvalue weighted by atomic mass is 35.5. The number of likely N-dealkylation sites (N-methyl/N-ethyl adjacent to an activating group) is 1. The molecule has 2 rings (SSSR count). The fraction of sp³-hybridized carbons (Fsp3) is 0.333. The Bertz CT molecular complexity index is 618. The van der Waals surface area contributed by atoms with Crippen molar-refractivity contribution in [1.82, 2.24) is 4.90 Å². The van der Waals surface area contributed by atoms with Crippen LogP contribution in [0.2, 0.25) is 15.1 Å². The Kier molecular flexibility index (Phi) is 7.04. The van der Waals surface area contributed by atoms with Crippen LogP contribution in [0, 0.1) is 0 Å². The highest BCUT2D eigenvalue weighted by molar-refractivity contribution is 6.38. The lowest BCUT2D eigenvalue weighted by Crippen LogP contribution is -2.22. The van der Waals surface area contributed by atoms with E-state index >= 15 is 0 Å². The van der Waals surface area contributed by atoms with Crippen molar-refractivity contribution in [1.29, 1.82) is 0 Å². The lowest BCUT2D eigenvalue weighted by molar-refractivity contribution is 0.333. The molecular weight excluding hydrogens is 351 g/mol. The molecule has 0 fully saturated rings. The van der Waals surface area contributed by atoms with E-state index in [0.717, 1.165) is 42.9 Å². The molecular formula is C18H21Cl3N2. The van der Waals surface area contributed by atoms with Gasteiger partial charge in [-0.1, -0.05) is 46.9 Å². The van der Waals surface area contributed by atoms with E-state index in [1.54, 1.807) is 0 Å². The number of halogens is 3. The van der Waals surface area contributed by atoms with Gasteiger partial charge in [0.2, 0.25) is 0 Å². The van der Waals surface area contributed by atoms with Gasteiger partial charge in [-0.25, -0.2) is 0 Å². The first-order valence-electron chi connectivity index (χ1n) is 7.62. The maximum Gasteiger partial charge on any atom is 0.0693 e. The van der Waals surface area contributed by atoms with Crippen molar-refractivity contribution in [3.8, 4) is 0 Å². The molecule has 0 atom stereocenters. The second-order valence-corrected chi connectivity index (χ2v) is 7.01. The van der Waals surface area contributed by atoms with Crippen LogP contribution in [0.25, 0.3) is 0 Å². The number of hydrogen-bond donors (Lipinski definition) is 1. The average Bonchev–Trinajstić information content (AvgIpc) is 2.52. The summed E-state index contributed by atoms with van der Waals surface area (Å²) in [6.07, 6.45) is 3.07. The SMILES string of the molecule is CN(CCCc1ccc(Cl)cc1)CCc1cc(Cl)c(N)c(Cl)c1. The normalized spacial score (nSPS) is 11.2. The van der Waals surface area contributed by atoms with Crippen LogP contribution in [0.15, 0.2) is 36.4 Å². The molecule has 0 radical (unpaired) electrons. The van der Waals surface area contributed by atoms with Crippen molar-refractivity contribution in [2.24, 2.45) is 0 Å². The Morgan fingerprint density at radius 3 is 2.09 bits per heavy atom. The molecule has 0 unspecified atom stereocenters. The minimum absolute atomic E-state index is 0.452. The van der Waals surface area contributed by atoms with E-state index in [1.807, 2.05) is 24.3 Å². The van der Waals surface area contributed by atoms with Crippen LogP contribution >= 0.6 is 34.8 Å². The number of rotatable bonds is 7. The van der Waals surface area contributed by atoms with Crippen LogP contribution in [0.4, 0.5) is 5.69 Å². The summed E-state index contributed by atoms with van der Waals surface area (Å²) < 4.78 is 0. The van der Waals surface area contributed by atoms with Crippen LogP contribution in [-0.4, -0.2) is 25.0 Å². The van der Waals surface area contributed by atoms with E-state index in [2.05, 4.69) is 24.1 Å². The summed E-state index contributed by atoms with van der Waals surface area (Å²) in [5, 5.41) is 1.84. The topological polar surface area (TPSA) is 29.3 Å². The first-order valence-corrected chi connectivity index (χ1v) is 8.75. The molecule has 0 aromatic heterocycles. The maximum absolute atomic E-state index is 6.06. The molecule has 2 nitrogen and oxygen atoms in total. The van der Waals surface area contributed by atoms with Crippen LogP contribution in [0.5, 0.6) is 0 Å². The van der Waals surface area contributed by atoms with Gasteiger partial charge >= 0.3 is 0 Å². The number of hydrogen-bond acceptors (Lipinski definition) is 2. The minimum atomic E-state index is 0.452. The van der Waals surface area contributed by atoms with E-state index < -0.39 is 0 Å². The first-order chi connectivity index (χ1) is 11.0. The van der Waals surface area contributed by atoms with Crippen molar-refractivity contribution in [3.63, 3.8) is 0 Å². The van der Waals surface area contributed by atoms with Crippen molar-refractivity contribution in [3.05, 3.63) is 62.6 Å². The highest BCUT2D eigenvalue weighted by Gasteiger charge is 2.06. The predicted molar refractivity (Wildman–Crippen MR) is 102 cm³/mol. The van der Waals surface area contributed by atoms with E-state index in [1.165, 1.54) is 5.56 Å². The molecule has 23 heavy (non-hydrogen) atoms. The number of nitrogen functional groups attached to an aromatic ring is 1. The fourth-order valence-corrected chi connectivity index (χ4v) is 3.08. The fourth-order valence-electron chi connectivity index (χ4n) is 2.42. The van der Waals surface area contributed by atoms with Crippen LogP contribution in [-0.2, 0) is 12.8 Å². The van der Waals surface area contributed by atoms with Gasteiger partial charge in [-0.15, -0.1) is 0 Å². The van der Waals surface area contributed by atoms with Gasteiger partial charge in [0, 0.05) is 11.6 Å². The first kappa shape index (κ1) is 18.4. The van der Waals surface area contributed by atoms with E-state index in [0.29, 0.717) is 15.7 Å². The third-order valence-corrected chi connectivity index (χ3v) is 4.72. The number of nitrogens with two attached hydrogens (primary N) is 1. The van der Waals surface area contributed by atoms with Crippen molar-refractivity contribution < 1.29 is 0 Å². The molecule has 2 aromatic rings. The van der Waals surface area contributed by atoms with E-state index in [9.17, 15) is 0 Å². The Labute approximate surface area is 153 Å². The third-order valence-electron chi connectivity index (χ3n) is 3.84. The third kappa shape index (κ3) is 5.89. The molecule has 0 aliphatic rings. The molecule has 0 amide bonds. The molecule has 5 heteroatoms. The molecule has 2 aromatic carbocycles. The molecule has 2 N–H and O–H groups in total. The van der Waals surface area contributed by atoms with Crippen LogP contribution < -0.4 is 5.73 Å². The second-order valence-electron chi connectivity index (χ2n) is 5.76. The van der Waals surface area contributed by atoms with Crippen molar-refractivity contribution in [2.45, 2.75) is 19.3 Å². The van der Waals surface area contributed by atoms with Crippen LogP contribution in [0.1, 0.15) is 17.5 Å². The van der Waals surface area contributed by atoms with E-state index in [-0.39, 0.29) is 0 Å². The summed E-state index contributed by atoms with van der Waals surface area (Å²) in [5.41, 5.74) is 8.64. The van der Waals surface area contributed by atoms with Gasteiger partial charge in [-0.2, -0.15) is 0 Å². The number of anilines is 1. The standard InChI is InChI=1S/C18H21Cl3N2/c1-23(9-2-3-13-4-6-15(19)7-5-13)10-8-14-11-16(20)18(22)17(21)12-14/h4-7,11-12H,2-3,8-10,22H2,1H3. The smallest absolute Gasteiger partial charge is 0.0693 e. The lowest BCUT2D eigenvalue weighted by atomic mass is 10.1. The molecule has 0 saturated carbocycles. The Balaban J connectivity index is 1.74. The minimum Gasteiger partial charge on any atom is -0.396 e. The Hall–Kier alpha value is -0.930. The monoisotopic (exact) mass is 370 g/mol. The molecule has 0 saturated heterocycles. The molecule has 0 aliphatic carbocycles. The summed E-state index contributed by atoms with van der Waals surface area (Å²) in [4.78, 5) is 2.31. The van der Waals surface area contributed by atoms with Gasteiger partial charge in [0.1, 0.15) is 0 Å². The number of aryl methyl sites for hydroxylation is 1. The van der Waals surface area contributed by atoms with Gasteiger partial charge in [0.25, 0.3) is 0 Å². The number of benzene rings is 2. The van der Waals surface area contributed by atoms with Crippen LogP contribution in [0.3, 0.4) is 0 Å². The average molecular weight is 372 g/mol. The number of nitrogens with zero attached hydrogens (tertiary/aromatic N) is 1. The van der Waals surface area contributed by atoms with Gasteiger partial charge in [0.15, 0.2) is 0 Å². The summed E-state index contributed by atoms with van der Waals surface area (Å²) >= 11 is 18.0. The predicted octanol–water partition coefficient (Wildman–Crippen LogP) is 5.34. The Morgan fingerprint density at radius 2 is 1.48 bits per heavy atom. The quantitative estimate of drug-likeness (QED) is 0.666. The summed E-state index contributed by atoms with van der Waals surface area (Å²) in [7, 11) is 2.13. The summed E-state index contributed by atoms with van der Waals surface area (Å²) in [6.45, 7) is 2.00. The second kappa shape index (κ2) is 8.79. The van der Waals surface area contributed by atoms with Gasteiger partial charge in [-0.05, 0) is 68.2 Å². The van der Waals surface area contributed by atoms with Gasteiger partial charge in [-0.3, -0.25) is 0 Å². The Morgan fingerprint density at radius 1 is 0.870 bits per heavy atom. The zero-order valence-corrected chi connectivity index (χ0v) is 15.4. The highest BCUT2D eigenvalue weighted by Crippen LogP contribution is 2.29. The van der Waals surface area contributed by atoms with Crippen molar-refractivity contribution in [2.75, 3.05) is 25.9 Å². The van der Waals surface area contributed by atoms with Crippen molar-refractivity contribution >= 4 is 40.5 Å². The van der Waals surface area contributed by atoms with Gasteiger partial charge in [0.05, 0.1) is 15.7 Å². The molecule has 0 heterocycles. The van der Waals surface area contributed by atoms with Gasteiger partial charge < -0.3 is 10.6 Å². The lowest BCUT2D eigenvalue weighted by Gasteiger charge is -2.17. The summed E-state index contributed by atoms with van der Waals surface area (Å²) in [5.74, 6) is 0.